The maximum atomic E-state index is 12.0. The topological polar surface area (TPSA) is 82.8 Å². The first-order chi connectivity index (χ1) is 16.8. The van der Waals surface area contributed by atoms with Crippen LogP contribution < -0.4 is 5.32 Å². The van der Waals surface area contributed by atoms with Gasteiger partial charge in [0.2, 0.25) is 5.91 Å². The number of rotatable bonds is 8. The van der Waals surface area contributed by atoms with Crippen molar-refractivity contribution in [3.05, 3.63) is 70.2 Å². The quantitative estimate of drug-likeness (QED) is 0.479. The number of hydrogen-bond acceptors (Lipinski definition) is 5. The van der Waals surface area contributed by atoms with Crippen LogP contribution in [0.15, 0.2) is 36.4 Å². The molecular formula is C28H38ClN5O2. The Labute approximate surface area is 220 Å². The highest BCUT2D eigenvalue weighted by Gasteiger charge is 2.32. The standard InChI is InChI=1S/C28H37N5O2.ClH/c1-5-25-24(27-30-20(2)17-21(3)33(27)31-25)18-23-10-8-22(9-11-23)7-6-12-28(35)13-15-32(16-14-28)26(34)19-29-4;/h6-11,17,29,35H,5,12-16,18-19H2,1-4H3;1H. The molecule has 0 radical (unpaired) electrons. The second-order valence-corrected chi connectivity index (χ2v) is 9.71. The van der Waals surface area contributed by atoms with Gasteiger partial charge in [-0.3, -0.25) is 4.79 Å². The highest BCUT2D eigenvalue weighted by atomic mass is 35.5. The lowest BCUT2D eigenvalue weighted by Crippen LogP contribution is -2.48. The number of aryl methyl sites for hydroxylation is 3. The van der Waals surface area contributed by atoms with E-state index in [1.807, 2.05) is 16.3 Å². The fraction of sp³-hybridized carbons (Fsp3) is 0.464. The molecule has 2 aromatic heterocycles. The summed E-state index contributed by atoms with van der Waals surface area (Å²) in [5.41, 5.74) is 6.96. The zero-order valence-corrected chi connectivity index (χ0v) is 22.6. The van der Waals surface area contributed by atoms with Gasteiger partial charge in [-0.05, 0) is 63.8 Å². The van der Waals surface area contributed by atoms with E-state index in [0.717, 1.165) is 41.1 Å². The van der Waals surface area contributed by atoms with Gasteiger partial charge in [0.1, 0.15) is 0 Å². The van der Waals surface area contributed by atoms with Crippen LogP contribution in [0.25, 0.3) is 11.7 Å². The van der Waals surface area contributed by atoms with Crippen LogP contribution in [-0.2, 0) is 17.6 Å². The molecule has 1 amide bonds. The average Bonchev–Trinajstić information content (AvgIpc) is 3.18. The first-order valence-corrected chi connectivity index (χ1v) is 12.6. The van der Waals surface area contributed by atoms with Crippen LogP contribution in [-0.4, -0.2) is 62.8 Å². The third-order valence-electron chi connectivity index (χ3n) is 6.95. The van der Waals surface area contributed by atoms with Crippen molar-refractivity contribution < 1.29 is 9.90 Å². The summed E-state index contributed by atoms with van der Waals surface area (Å²) < 4.78 is 1.96. The number of aromatic nitrogens is 3. The van der Waals surface area contributed by atoms with Crippen LogP contribution >= 0.6 is 12.4 Å². The molecule has 7 nitrogen and oxygen atoms in total. The molecule has 1 fully saturated rings. The number of fused-ring (bicyclic) bond motifs is 1. The molecule has 0 saturated carbocycles. The summed E-state index contributed by atoms with van der Waals surface area (Å²) in [4.78, 5) is 18.6. The van der Waals surface area contributed by atoms with Crippen molar-refractivity contribution in [3.63, 3.8) is 0 Å². The minimum atomic E-state index is -0.740. The Hall–Kier alpha value is -2.74. The number of benzene rings is 1. The molecule has 1 aromatic carbocycles. The summed E-state index contributed by atoms with van der Waals surface area (Å²) in [5.74, 6) is 0.0985. The van der Waals surface area contributed by atoms with Gasteiger partial charge in [0.15, 0.2) is 5.65 Å². The molecule has 3 aromatic rings. The van der Waals surface area contributed by atoms with Gasteiger partial charge in [-0.15, -0.1) is 12.4 Å². The molecule has 0 atom stereocenters. The summed E-state index contributed by atoms with van der Waals surface area (Å²) in [5, 5.41) is 18.6. The Morgan fingerprint density at radius 3 is 2.53 bits per heavy atom. The van der Waals surface area contributed by atoms with Crippen LogP contribution in [0.5, 0.6) is 0 Å². The number of carbonyl (C=O) groups excluding carboxylic acids is 1. The molecule has 1 saturated heterocycles. The van der Waals surface area contributed by atoms with Gasteiger partial charge in [0, 0.05) is 36.5 Å². The molecule has 36 heavy (non-hydrogen) atoms. The van der Waals surface area contributed by atoms with E-state index in [4.69, 9.17) is 10.1 Å². The lowest BCUT2D eigenvalue weighted by molar-refractivity contribution is -0.134. The summed E-state index contributed by atoms with van der Waals surface area (Å²) in [6.45, 7) is 7.80. The third kappa shape index (κ3) is 6.33. The maximum Gasteiger partial charge on any atom is 0.236 e. The Morgan fingerprint density at radius 1 is 1.19 bits per heavy atom. The second kappa shape index (κ2) is 12.0. The Morgan fingerprint density at radius 2 is 1.89 bits per heavy atom. The molecule has 0 spiro atoms. The molecule has 0 bridgehead atoms. The van der Waals surface area contributed by atoms with E-state index in [1.54, 1.807) is 7.05 Å². The molecule has 0 aliphatic carbocycles. The maximum absolute atomic E-state index is 12.0. The van der Waals surface area contributed by atoms with E-state index in [2.05, 4.69) is 61.6 Å². The highest BCUT2D eigenvalue weighted by molar-refractivity contribution is 5.85. The number of nitrogens with zero attached hydrogens (tertiary/aromatic N) is 4. The molecule has 1 aliphatic heterocycles. The zero-order valence-electron chi connectivity index (χ0n) is 21.8. The van der Waals surface area contributed by atoms with Crippen molar-refractivity contribution in [1.29, 1.82) is 0 Å². The number of piperidine rings is 1. The largest absolute Gasteiger partial charge is 0.389 e. The molecule has 194 valence electrons. The monoisotopic (exact) mass is 511 g/mol. The zero-order chi connectivity index (χ0) is 25.0. The van der Waals surface area contributed by atoms with Crippen molar-refractivity contribution >= 4 is 30.0 Å². The summed E-state index contributed by atoms with van der Waals surface area (Å²) in [7, 11) is 1.77. The number of nitrogens with one attached hydrogen (secondary N) is 1. The van der Waals surface area contributed by atoms with Crippen molar-refractivity contribution in [2.24, 2.45) is 0 Å². The first-order valence-electron chi connectivity index (χ1n) is 12.6. The van der Waals surface area contributed by atoms with Crippen LogP contribution in [0.2, 0.25) is 0 Å². The average molecular weight is 512 g/mol. The van der Waals surface area contributed by atoms with Crippen LogP contribution in [0.4, 0.5) is 0 Å². The van der Waals surface area contributed by atoms with Gasteiger partial charge < -0.3 is 15.3 Å². The van der Waals surface area contributed by atoms with Crippen LogP contribution in [0, 0.1) is 13.8 Å². The number of hydrogen-bond donors (Lipinski definition) is 2. The number of halogens is 1. The summed E-state index contributed by atoms with van der Waals surface area (Å²) >= 11 is 0. The molecule has 1 aliphatic rings. The summed E-state index contributed by atoms with van der Waals surface area (Å²) in [6, 6.07) is 10.6. The Bertz CT molecular complexity index is 1210. The van der Waals surface area contributed by atoms with Crippen LogP contribution in [0.1, 0.15) is 60.0 Å². The third-order valence-corrected chi connectivity index (χ3v) is 6.95. The molecule has 8 heteroatoms. The molecule has 3 heterocycles. The van der Waals surface area contributed by atoms with E-state index in [1.165, 1.54) is 11.1 Å². The Kier molecular flexibility index (Phi) is 9.28. The van der Waals surface area contributed by atoms with Crippen molar-refractivity contribution in [3.8, 4) is 0 Å². The second-order valence-electron chi connectivity index (χ2n) is 9.71. The summed E-state index contributed by atoms with van der Waals surface area (Å²) in [6.07, 6.45) is 7.61. The smallest absolute Gasteiger partial charge is 0.236 e. The molecular weight excluding hydrogens is 474 g/mol. The lowest BCUT2D eigenvalue weighted by Gasteiger charge is -2.37. The van der Waals surface area contributed by atoms with E-state index < -0.39 is 5.60 Å². The van der Waals surface area contributed by atoms with Gasteiger partial charge in [-0.25, -0.2) is 9.50 Å². The SMILES string of the molecule is CCc1nn2c(C)cc(C)nc2c1Cc1ccc(C=CCC2(O)CCN(C(=O)CNC)CC2)cc1.Cl. The Balaban J connectivity index is 0.00000361. The van der Waals surface area contributed by atoms with Crippen molar-refractivity contribution in [1.82, 2.24) is 24.8 Å². The fourth-order valence-corrected chi connectivity index (χ4v) is 4.88. The van der Waals surface area contributed by atoms with E-state index >= 15 is 0 Å². The van der Waals surface area contributed by atoms with Gasteiger partial charge in [0.25, 0.3) is 0 Å². The fourth-order valence-electron chi connectivity index (χ4n) is 4.88. The van der Waals surface area contributed by atoms with Gasteiger partial charge in [-0.2, -0.15) is 5.10 Å². The number of aliphatic hydroxyl groups is 1. The van der Waals surface area contributed by atoms with Gasteiger partial charge >= 0.3 is 0 Å². The minimum Gasteiger partial charge on any atom is -0.389 e. The van der Waals surface area contributed by atoms with E-state index in [0.29, 0.717) is 38.9 Å². The predicted molar refractivity (Wildman–Crippen MR) is 147 cm³/mol. The lowest BCUT2D eigenvalue weighted by atomic mass is 9.88. The van der Waals surface area contributed by atoms with Crippen molar-refractivity contribution in [2.45, 2.75) is 58.5 Å². The number of amides is 1. The first kappa shape index (κ1) is 27.8. The van der Waals surface area contributed by atoms with Crippen molar-refractivity contribution in [2.75, 3.05) is 26.7 Å². The molecule has 2 N–H and O–H groups in total. The molecule has 4 rings (SSSR count). The normalized spacial score (nSPS) is 15.4. The van der Waals surface area contributed by atoms with E-state index in [-0.39, 0.29) is 18.3 Å². The number of likely N-dealkylation sites (N-methyl/N-ethyl adjacent to an activating group) is 1. The van der Waals surface area contributed by atoms with Crippen LogP contribution in [0.3, 0.4) is 0 Å². The van der Waals surface area contributed by atoms with E-state index in [9.17, 15) is 9.90 Å². The molecule has 0 unspecified atom stereocenters. The van der Waals surface area contributed by atoms with Gasteiger partial charge in [0.05, 0.1) is 17.8 Å². The minimum absolute atomic E-state index is 0. The highest BCUT2D eigenvalue weighted by Crippen LogP contribution is 2.27. The number of carbonyl (C=O) groups is 1. The predicted octanol–water partition coefficient (Wildman–Crippen LogP) is 3.90. The number of likely N-dealkylation sites (tertiary alicyclic amines) is 1. The van der Waals surface area contributed by atoms with Gasteiger partial charge in [-0.1, -0.05) is 43.3 Å².